The number of ether oxygens (including phenoxy) is 1. The van der Waals surface area contributed by atoms with Crippen molar-refractivity contribution < 1.29 is 9.53 Å². The summed E-state index contributed by atoms with van der Waals surface area (Å²) in [6.07, 6.45) is 2.37. The average molecular weight is 240 g/mol. The van der Waals surface area contributed by atoms with Crippen molar-refractivity contribution in [3.8, 4) is 0 Å². The molecule has 0 radical (unpaired) electrons. The molecule has 4 nitrogen and oxygen atoms in total. The molecular weight excluding hydrogens is 216 g/mol. The molecular formula is C13H24N2O2. The highest BCUT2D eigenvalue weighted by Gasteiger charge is 2.38. The predicted molar refractivity (Wildman–Crippen MR) is 66.7 cm³/mol. The molecule has 2 fully saturated rings. The summed E-state index contributed by atoms with van der Waals surface area (Å²) in [7, 11) is 1.90. The Kier molecular flexibility index (Phi) is 4.05. The third kappa shape index (κ3) is 2.63. The zero-order chi connectivity index (χ0) is 12.4. The highest BCUT2D eigenvalue weighted by molar-refractivity contribution is 5.80. The van der Waals surface area contributed by atoms with Gasteiger partial charge in [0.2, 0.25) is 5.91 Å². The Balaban J connectivity index is 2.02. The first kappa shape index (κ1) is 12.8. The van der Waals surface area contributed by atoms with E-state index in [9.17, 15) is 4.79 Å². The van der Waals surface area contributed by atoms with Gasteiger partial charge < -0.3 is 15.0 Å². The van der Waals surface area contributed by atoms with E-state index in [2.05, 4.69) is 24.1 Å². The maximum absolute atomic E-state index is 12.5. The monoisotopic (exact) mass is 240 g/mol. The van der Waals surface area contributed by atoms with E-state index in [0.29, 0.717) is 25.2 Å². The molecule has 17 heavy (non-hydrogen) atoms. The normalized spacial score (nSPS) is 38.4. The lowest BCUT2D eigenvalue weighted by Crippen LogP contribution is -2.51. The number of piperidine rings is 1. The van der Waals surface area contributed by atoms with Crippen molar-refractivity contribution in [1.29, 1.82) is 0 Å². The van der Waals surface area contributed by atoms with Crippen LogP contribution in [0.3, 0.4) is 0 Å². The standard InChI is InChI=1S/C13H24N2O2/c1-9-4-5-10(2)15(6-9)13(16)11-7-17-8-12(11)14-3/h9-12,14H,4-8H2,1-3H3. The van der Waals surface area contributed by atoms with Crippen LogP contribution in [0.25, 0.3) is 0 Å². The van der Waals surface area contributed by atoms with Crippen LogP contribution in [0, 0.1) is 11.8 Å². The molecule has 0 saturated carbocycles. The average Bonchev–Trinajstić information content (AvgIpc) is 2.79. The maximum atomic E-state index is 12.5. The second-order valence-electron chi connectivity index (χ2n) is 5.56. The zero-order valence-corrected chi connectivity index (χ0v) is 11.1. The van der Waals surface area contributed by atoms with Crippen LogP contribution in [-0.2, 0) is 9.53 Å². The molecule has 2 aliphatic rings. The molecule has 1 N–H and O–H groups in total. The first-order chi connectivity index (χ1) is 8.13. The van der Waals surface area contributed by atoms with Gasteiger partial charge in [-0.2, -0.15) is 0 Å². The lowest BCUT2D eigenvalue weighted by atomic mass is 9.92. The Morgan fingerprint density at radius 1 is 1.29 bits per heavy atom. The number of hydrogen-bond donors (Lipinski definition) is 1. The Labute approximate surface area is 104 Å². The Hall–Kier alpha value is -0.610. The number of amides is 1. The van der Waals surface area contributed by atoms with Crippen molar-refractivity contribution in [2.45, 2.75) is 38.8 Å². The zero-order valence-electron chi connectivity index (χ0n) is 11.1. The van der Waals surface area contributed by atoms with Crippen molar-refractivity contribution in [1.82, 2.24) is 10.2 Å². The summed E-state index contributed by atoms with van der Waals surface area (Å²) in [5, 5.41) is 3.19. The quantitative estimate of drug-likeness (QED) is 0.778. The van der Waals surface area contributed by atoms with Gasteiger partial charge >= 0.3 is 0 Å². The lowest BCUT2D eigenvalue weighted by molar-refractivity contribution is -0.140. The number of carbonyl (C=O) groups is 1. The molecule has 4 heteroatoms. The molecule has 98 valence electrons. The van der Waals surface area contributed by atoms with Crippen LogP contribution in [0.5, 0.6) is 0 Å². The number of nitrogens with zero attached hydrogens (tertiary/aromatic N) is 1. The van der Waals surface area contributed by atoms with Gasteiger partial charge in [-0.25, -0.2) is 0 Å². The molecule has 2 heterocycles. The van der Waals surface area contributed by atoms with Gasteiger partial charge in [-0.15, -0.1) is 0 Å². The number of nitrogens with one attached hydrogen (secondary N) is 1. The van der Waals surface area contributed by atoms with E-state index in [1.807, 2.05) is 7.05 Å². The van der Waals surface area contributed by atoms with Gasteiger partial charge in [0.15, 0.2) is 0 Å². The van der Waals surface area contributed by atoms with E-state index in [1.165, 1.54) is 6.42 Å². The highest BCUT2D eigenvalue weighted by Crippen LogP contribution is 2.25. The Morgan fingerprint density at radius 2 is 2.06 bits per heavy atom. The van der Waals surface area contributed by atoms with Crippen molar-refractivity contribution >= 4 is 5.91 Å². The second-order valence-corrected chi connectivity index (χ2v) is 5.56. The van der Waals surface area contributed by atoms with Crippen LogP contribution in [0.15, 0.2) is 0 Å². The summed E-state index contributed by atoms with van der Waals surface area (Å²) in [6.45, 7) is 6.53. The number of likely N-dealkylation sites (tertiary alicyclic amines) is 1. The highest BCUT2D eigenvalue weighted by atomic mass is 16.5. The minimum atomic E-state index is 0.00718. The maximum Gasteiger partial charge on any atom is 0.229 e. The molecule has 0 aromatic heterocycles. The van der Waals surface area contributed by atoms with Crippen LogP contribution in [-0.4, -0.2) is 49.7 Å². The van der Waals surface area contributed by atoms with E-state index in [-0.39, 0.29) is 17.9 Å². The molecule has 4 unspecified atom stereocenters. The third-order valence-electron chi connectivity index (χ3n) is 4.17. The molecule has 2 aliphatic heterocycles. The number of hydrogen-bond acceptors (Lipinski definition) is 3. The van der Waals surface area contributed by atoms with Gasteiger partial charge in [0, 0.05) is 18.6 Å². The fourth-order valence-electron chi connectivity index (χ4n) is 2.89. The second kappa shape index (κ2) is 5.36. The van der Waals surface area contributed by atoms with Crippen LogP contribution >= 0.6 is 0 Å². The molecule has 0 aromatic carbocycles. The van der Waals surface area contributed by atoms with Crippen LogP contribution < -0.4 is 5.32 Å². The summed E-state index contributed by atoms with van der Waals surface area (Å²) in [6, 6.07) is 0.573. The lowest BCUT2D eigenvalue weighted by Gasteiger charge is -2.38. The number of likely N-dealkylation sites (N-methyl/N-ethyl adjacent to an activating group) is 1. The summed E-state index contributed by atoms with van der Waals surface area (Å²) in [4.78, 5) is 14.6. The van der Waals surface area contributed by atoms with Crippen LogP contribution in [0.2, 0.25) is 0 Å². The Bertz CT molecular complexity index is 283. The fourth-order valence-corrected chi connectivity index (χ4v) is 2.89. The molecule has 0 bridgehead atoms. The topological polar surface area (TPSA) is 41.6 Å². The van der Waals surface area contributed by atoms with E-state index < -0.39 is 0 Å². The van der Waals surface area contributed by atoms with E-state index in [1.54, 1.807) is 0 Å². The van der Waals surface area contributed by atoms with Crippen molar-refractivity contribution in [2.75, 3.05) is 26.8 Å². The summed E-state index contributed by atoms with van der Waals surface area (Å²) < 4.78 is 5.42. The largest absolute Gasteiger partial charge is 0.379 e. The number of carbonyl (C=O) groups excluding carboxylic acids is 1. The van der Waals surface area contributed by atoms with E-state index >= 15 is 0 Å². The molecule has 1 amide bonds. The molecule has 2 rings (SSSR count). The SMILES string of the molecule is CNC1COCC1C(=O)N1CC(C)CCC1C. The van der Waals surface area contributed by atoms with Crippen molar-refractivity contribution in [3.63, 3.8) is 0 Å². The number of rotatable bonds is 2. The minimum Gasteiger partial charge on any atom is -0.379 e. The molecule has 0 aliphatic carbocycles. The minimum absolute atomic E-state index is 0.00718. The van der Waals surface area contributed by atoms with Gasteiger partial charge in [0.1, 0.15) is 0 Å². The Morgan fingerprint density at radius 3 is 2.76 bits per heavy atom. The van der Waals surface area contributed by atoms with Gasteiger partial charge in [-0.05, 0) is 32.7 Å². The smallest absolute Gasteiger partial charge is 0.229 e. The van der Waals surface area contributed by atoms with Gasteiger partial charge in [0.25, 0.3) is 0 Å². The van der Waals surface area contributed by atoms with Crippen LogP contribution in [0.1, 0.15) is 26.7 Å². The first-order valence-corrected chi connectivity index (χ1v) is 6.69. The predicted octanol–water partition coefficient (Wildman–Crippen LogP) is 0.868. The first-order valence-electron chi connectivity index (χ1n) is 6.69. The molecule has 2 saturated heterocycles. The van der Waals surface area contributed by atoms with E-state index in [4.69, 9.17) is 4.74 Å². The van der Waals surface area contributed by atoms with Gasteiger partial charge in [0.05, 0.1) is 19.1 Å². The summed E-state index contributed by atoms with van der Waals surface area (Å²) >= 11 is 0. The van der Waals surface area contributed by atoms with Crippen LogP contribution in [0.4, 0.5) is 0 Å². The fraction of sp³-hybridized carbons (Fsp3) is 0.923. The van der Waals surface area contributed by atoms with Gasteiger partial charge in [-0.1, -0.05) is 6.92 Å². The summed E-state index contributed by atoms with van der Waals surface area (Å²) in [5.74, 6) is 0.916. The molecule has 0 aromatic rings. The van der Waals surface area contributed by atoms with Crippen molar-refractivity contribution in [3.05, 3.63) is 0 Å². The third-order valence-corrected chi connectivity index (χ3v) is 4.17. The molecule has 4 atom stereocenters. The van der Waals surface area contributed by atoms with Gasteiger partial charge in [-0.3, -0.25) is 4.79 Å². The van der Waals surface area contributed by atoms with Crippen molar-refractivity contribution in [2.24, 2.45) is 11.8 Å². The summed E-state index contributed by atoms with van der Waals surface area (Å²) in [5.41, 5.74) is 0. The van der Waals surface area contributed by atoms with E-state index in [0.717, 1.165) is 13.0 Å². The molecule has 0 spiro atoms.